The van der Waals surface area contributed by atoms with Crippen LogP contribution in [-0.4, -0.2) is 35.2 Å². The summed E-state index contributed by atoms with van der Waals surface area (Å²) < 4.78 is 10.3. The van der Waals surface area contributed by atoms with Crippen LogP contribution in [0.25, 0.3) is 6.08 Å². The molecule has 0 saturated carbocycles. The number of carbonyl (C=O) groups excluding carboxylic acids is 3. The Balaban J connectivity index is 1.66. The number of imide groups is 1. The molecule has 1 atom stereocenters. The van der Waals surface area contributed by atoms with Gasteiger partial charge in [0.15, 0.2) is 0 Å². The Labute approximate surface area is 177 Å². The Morgan fingerprint density at radius 1 is 1.14 bits per heavy atom. The molecule has 3 rings (SSSR count). The number of rotatable bonds is 6. The molecule has 1 aliphatic rings. The van der Waals surface area contributed by atoms with E-state index in [1.807, 2.05) is 12.1 Å². The number of amides is 2. The van der Waals surface area contributed by atoms with Crippen LogP contribution in [0.3, 0.4) is 0 Å². The van der Waals surface area contributed by atoms with Crippen molar-refractivity contribution in [2.24, 2.45) is 0 Å². The molecule has 8 heteroatoms. The van der Waals surface area contributed by atoms with Crippen molar-refractivity contribution in [3.05, 3.63) is 69.6 Å². The van der Waals surface area contributed by atoms with Gasteiger partial charge in [-0.3, -0.25) is 14.5 Å². The smallest absolute Gasteiger partial charge is 0.328 e. The number of nitrogens with zero attached hydrogens (tertiary/aromatic N) is 1. The van der Waals surface area contributed by atoms with Gasteiger partial charge in [0, 0.05) is 5.02 Å². The molecular formula is C21H18ClNO5S. The molecular weight excluding hydrogens is 414 g/mol. The van der Waals surface area contributed by atoms with Crippen LogP contribution in [0, 0.1) is 0 Å². The highest BCUT2D eigenvalue weighted by Gasteiger charge is 2.41. The molecule has 2 amide bonds. The Hall–Kier alpha value is -2.77. The van der Waals surface area contributed by atoms with Crippen LogP contribution in [0.5, 0.6) is 5.75 Å². The number of carbonyl (C=O) groups is 3. The molecule has 0 bridgehead atoms. The first-order valence-electron chi connectivity index (χ1n) is 8.71. The van der Waals surface area contributed by atoms with Crippen molar-refractivity contribution in [3.8, 4) is 5.75 Å². The van der Waals surface area contributed by atoms with E-state index in [1.54, 1.807) is 42.5 Å². The normalized spacial score (nSPS) is 16.2. The lowest BCUT2D eigenvalue weighted by Gasteiger charge is -2.18. The van der Waals surface area contributed by atoms with Gasteiger partial charge < -0.3 is 9.47 Å². The molecule has 1 unspecified atom stereocenters. The minimum atomic E-state index is -0.970. The molecule has 0 spiro atoms. The van der Waals surface area contributed by atoms with Gasteiger partial charge in [-0.1, -0.05) is 35.9 Å². The number of esters is 1. The highest BCUT2D eigenvalue weighted by Crippen LogP contribution is 2.34. The number of halogens is 1. The summed E-state index contributed by atoms with van der Waals surface area (Å²) in [7, 11) is 1.21. The zero-order valence-corrected chi connectivity index (χ0v) is 17.3. The van der Waals surface area contributed by atoms with Gasteiger partial charge in [-0.25, -0.2) is 4.79 Å². The van der Waals surface area contributed by atoms with Crippen molar-refractivity contribution in [3.63, 3.8) is 0 Å². The first kappa shape index (κ1) is 21.0. The lowest BCUT2D eigenvalue weighted by Crippen LogP contribution is -2.42. The molecule has 6 nitrogen and oxygen atoms in total. The summed E-state index contributed by atoms with van der Waals surface area (Å²) >= 11 is 6.66. The van der Waals surface area contributed by atoms with Crippen LogP contribution in [0.1, 0.15) is 18.1 Å². The Bertz CT molecular complexity index is 956. The third kappa shape index (κ3) is 4.99. The summed E-state index contributed by atoms with van der Waals surface area (Å²) in [5.41, 5.74) is 1.73. The molecule has 1 heterocycles. The molecule has 0 aliphatic carbocycles. The third-order valence-electron chi connectivity index (χ3n) is 4.25. The predicted molar refractivity (Wildman–Crippen MR) is 112 cm³/mol. The Kier molecular flexibility index (Phi) is 6.61. The maximum absolute atomic E-state index is 12.5. The van der Waals surface area contributed by atoms with E-state index in [9.17, 15) is 14.4 Å². The molecule has 2 aromatic rings. The molecule has 1 saturated heterocycles. The molecule has 0 aromatic heterocycles. The van der Waals surface area contributed by atoms with Crippen molar-refractivity contribution in [2.75, 3.05) is 7.11 Å². The van der Waals surface area contributed by atoms with Crippen LogP contribution in [0.4, 0.5) is 4.79 Å². The standard InChI is InChI=1S/C21H18ClNO5S/c1-13(20(25)27-2)23-19(24)18(29-21(23)26)11-14-5-9-17(10-6-14)28-12-15-3-7-16(22)8-4-15/h3-11,13H,12H2,1-2H3. The number of ether oxygens (including phenoxy) is 2. The average molecular weight is 432 g/mol. The number of benzene rings is 2. The second-order valence-corrected chi connectivity index (χ2v) is 7.66. The monoisotopic (exact) mass is 431 g/mol. The highest BCUT2D eigenvalue weighted by molar-refractivity contribution is 8.18. The molecule has 0 radical (unpaired) electrons. The van der Waals surface area contributed by atoms with E-state index >= 15 is 0 Å². The number of hydrogen-bond donors (Lipinski definition) is 0. The van der Waals surface area contributed by atoms with Gasteiger partial charge >= 0.3 is 5.97 Å². The van der Waals surface area contributed by atoms with Crippen LogP contribution >= 0.6 is 23.4 Å². The van der Waals surface area contributed by atoms with E-state index < -0.39 is 23.2 Å². The van der Waals surface area contributed by atoms with Crippen LogP contribution in [0.15, 0.2) is 53.4 Å². The van der Waals surface area contributed by atoms with Crippen molar-refractivity contribution >= 4 is 46.6 Å². The maximum atomic E-state index is 12.5. The van der Waals surface area contributed by atoms with Gasteiger partial charge in [0.2, 0.25) is 0 Å². The highest BCUT2D eigenvalue weighted by atomic mass is 35.5. The summed E-state index contributed by atoms with van der Waals surface area (Å²) in [5, 5.41) is 0.172. The van der Waals surface area contributed by atoms with Crippen molar-refractivity contribution in [2.45, 2.75) is 19.6 Å². The van der Waals surface area contributed by atoms with Crippen molar-refractivity contribution in [1.29, 1.82) is 0 Å². The van der Waals surface area contributed by atoms with Crippen LogP contribution in [0.2, 0.25) is 5.02 Å². The van der Waals surface area contributed by atoms with E-state index in [1.165, 1.54) is 14.0 Å². The van der Waals surface area contributed by atoms with E-state index in [-0.39, 0.29) is 4.91 Å². The Morgan fingerprint density at radius 3 is 2.41 bits per heavy atom. The molecule has 1 fully saturated rings. The van der Waals surface area contributed by atoms with E-state index in [2.05, 4.69) is 4.74 Å². The minimum Gasteiger partial charge on any atom is -0.489 e. The lowest BCUT2D eigenvalue weighted by molar-refractivity contribution is -0.148. The lowest BCUT2D eigenvalue weighted by atomic mass is 10.2. The molecule has 0 N–H and O–H groups in total. The predicted octanol–water partition coefficient (Wildman–Crippen LogP) is 4.52. The quantitative estimate of drug-likeness (QED) is 0.494. The number of methoxy groups -OCH3 is 1. The number of thioether (sulfide) groups is 1. The van der Waals surface area contributed by atoms with Gasteiger partial charge in [-0.15, -0.1) is 0 Å². The van der Waals surface area contributed by atoms with E-state index in [4.69, 9.17) is 16.3 Å². The summed E-state index contributed by atoms with van der Waals surface area (Å²) in [6.07, 6.45) is 1.61. The summed E-state index contributed by atoms with van der Waals surface area (Å²) in [6.45, 7) is 1.86. The molecule has 150 valence electrons. The van der Waals surface area contributed by atoms with Crippen LogP contribution < -0.4 is 4.74 Å². The Morgan fingerprint density at radius 2 is 1.79 bits per heavy atom. The van der Waals surface area contributed by atoms with Gasteiger partial charge in [-0.05, 0) is 60.2 Å². The van der Waals surface area contributed by atoms with Gasteiger partial charge in [0.25, 0.3) is 11.1 Å². The fourth-order valence-electron chi connectivity index (χ4n) is 2.65. The van der Waals surface area contributed by atoms with Crippen LogP contribution in [-0.2, 0) is 20.9 Å². The zero-order valence-electron chi connectivity index (χ0n) is 15.8. The van der Waals surface area contributed by atoms with E-state index in [0.717, 1.165) is 27.8 Å². The van der Waals surface area contributed by atoms with Gasteiger partial charge in [0.1, 0.15) is 18.4 Å². The first-order valence-corrected chi connectivity index (χ1v) is 9.90. The van der Waals surface area contributed by atoms with E-state index in [0.29, 0.717) is 17.4 Å². The number of hydrogen-bond acceptors (Lipinski definition) is 6. The topological polar surface area (TPSA) is 72.9 Å². The largest absolute Gasteiger partial charge is 0.489 e. The molecule has 2 aromatic carbocycles. The summed E-state index contributed by atoms with van der Waals surface area (Å²) in [6, 6.07) is 13.6. The summed E-state index contributed by atoms with van der Waals surface area (Å²) in [5.74, 6) is -0.485. The average Bonchev–Trinajstić information content (AvgIpc) is 3.00. The minimum absolute atomic E-state index is 0.251. The van der Waals surface area contributed by atoms with Gasteiger partial charge in [0.05, 0.1) is 12.0 Å². The fourth-order valence-corrected chi connectivity index (χ4v) is 3.68. The third-order valence-corrected chi connectivity index (χ3v) is 5.39. The van der Waals surface area contributed by atoms with Crippen molar-refractivity contribution in [1.82, 2.24) is 4.90 Å². The van der Waals surface area contributed by atoms with Crippen molar-refractivity contribution < 1.29 is 23.9 Å². The first-order chi connectivity index (χ1) is 13.9. The zero-order chi connectivity index (χ0) is 21.0. The molecule has 1 aliphatic heterocycles. The summed E-state index contributed by atoms with van der Waals surface area (Å²) in [4.78, 5) is 37.5. The fraction of sp³-hybridized carbons (Fsp3) is 0.190. The second kappa shape index (κ2) is 9.15. The van der Waals surface area contributed by atoms with Gasteiger partial charge in [-0.2, -0.15) is 0 Å². The maximum Gasteiger partial charge on any atom is 0.328 e. The second-order valence-electron chi connectivity index (χ2n) is 6.24. The molecule has 29 heavy (non-hydrogen) atoms. The SMILES string of the molecule is COC(=O)C(C)N1C(=O)SC(=Cc2ccc(OCc3ccc(Cl)cc3)cc2)C1=O.